The van der Waals surface area contributed by atoms with Gasteiger partial charge >= 0.3 is 5.97 Å². The number of amides is 1. The highest BCUT2D eigenvalue weighted by Crippen LogP contribution is 2.66. The van der Waals surface area contributed by atoms with Crippen molar-refractivity contribution in [1.82, 2.24) is 5.32 Å². The molecule has 11 nitrogen and oxygen atoms in total. The fraction of sp³-hybridized carbons (Fsp3) is 0.850. The van der Waals surface area contributed by atoms with Crippen molar-refractivity contribution in [1.29, 1.82) is 0 Å². The van der Waals surface area contributed by atoms with Crippen LogP contribution in [0.2, 0.25) is 0 Å². The van der Waals surface area contributed by atoms with Gasteiger partial charge in [0, 0.05) is 31.0 Å². The summed E-state index contributed by atoms with van der Waals surface area (Å²) in [4.78, 5) is 33.6. The number of allylic oxidation sites excluding steroid dienone is 1. The standard InChI is InChI=1S/C36H64N8O3S2.C4H10/c1-4-5-8-23-11-13-27-26-12-10-24-21-25(14-16-36(24,3)28(26)15-17-35(23,27)2)47-32(46)29(37)22-49-48-20-19-42-31(45)30(44-34(40)41)9-6-7-18-43-33(38)39;1-4(2)3/h10,23,25-30H,4-9,11-22,37H2,1-3H3,(H,42,45)(H4,38,39,43)(H4,40,41,44);4H,1-3H3. The zero-order chi connectivity index (χ0) is 39.2. The van der Waals surface area contributed by atoms with Gasteiger partial charge in [0.2, 0.25) is 5.91 Å². The van der Waals surface area contributed by atoms with Crippen molar-refractivity contribution >= 4 is 45.4 Å². The lowest BCUT2D eigenvalue weighted by molar-refractivity contribution is -0.152. The lowest BCUT2D eigenvalue weighted by Gasteiger charge is -2.58. The van der Waals surface area contributed by atoms with Gasteiger partial charge in [-0.25, -0.2) is 4.99 Å². The number of carbonyl (C=O) groups excluding carboxylic acids is 2. The van der Waals surface area contributed by atoms with Crippen molar-refractivity contribution < 1.29 is 14.3 Å². The predicted octanol–water partition coefficient (Wildman–Crippen LogP) is 6.24. The first-order chi connectivity index (χ1) is 25.1. The summed E-state index contributed by atoms with van der Waals surface area (Å²) in [5.74, 6) is 4.63. The molecule has 4 aliphatic carbocycles. The van der Waals surface area contributed by atoms with Gasteiger partial charge in [0.1, 0.15) is 18.2 Å². The van der Waals surface area contributed by atoms with E-state index in [0.717, 1.165) is 55.3 Å². The average molecular weight is 779 g/mol. The Bertz CT molecular complexity index is 1250. The molecule has 0 heterocycles. The van der Waals surface area contributed by atoms with Crippen LogP contribution in [0.3, 0.4) is 0 Å². The van der Waals surface area contributed by atoms with Gasteiger partial charge in [0.05, 0.1) is 0 Å². The molecule has 0 aromatic heterocycles. The number of rotatable bonds is 18. The van der Waals surface area contributed by atoms with Gasteiger partial charge in [-0.05, 0) is 111 Å². The van der Waals surface area contributed by atoms with E-state index in [1.165, 1.54) is 67.7 Å². The molecular formula is C40H74N8O3S2. The van der Waals surface area contributed by atoms with Gasteiger partial charge in [-0.3, -0.25) is 14.6 Å². The highest BCUT2D eigenvalue weighted by atomic mass is 33.1. The molecule has 0 aliphatic heterocycles. The average Bonchev–Trinajstić information content (AvgIpc) is 3.43. The fourth-order valence-electron chi connectivity index (χ4n) is 9.69. The van der Waals surface area contributed by atoms with E-state index in [9.17, 15) is 9.59 Å². The molecule has 0 aromatic rings. The molecule has 13 heteroatoms. The summed E-state index contributed by atoms with van der Waals surface area (Å²) < 4.78 is 6.01. The molecular weight excluding hydrogens is 705 g/mol. The van der Waals surface area contributed by atoms with E-state index in [1.54, 1.807) is 10.8 Å². The molecule has 3 fully saturated rings. The van der Waals surface area contributed by atoms with Gasteiger partial charge in [0.15, 0.2) is 11.9 Å². The molecule has 0 saturated heterocycles. The van der Waals surface area contributed by atoms with Crippen molar-refractivity contribution in [3.63, 3.8) is 0 Å². The number of nitrogens with one attached hydrogen (secondary N) is 1. The smallest absolute Gasteiger partial charge is 0.324 e. The number of aliphatic imine (C=N–C) groups is 2. The molecule has 11 N–H and O–H groups in total. The number of unbranched alkanes of at least 4 members (excludes halogenated alkanes) is 2. The molecule has 4 aliphatic rings. The first-order valence-corrected chi connectivity index (χ1v) is 22.9. The van der Waals surface area contributed by atoms with Crippen LogP contribution in [0.25, 0.3) is 0 Å². The largest absolute Gasteiger partial charge is 0.461 e. The highest BCUT2D eigenvalue weighted by Gasteiger charge is 2.58. The second-order valence-corrected chi connectivity index (χ2v) is 19.8. The normalized spacial score (nSPS) is 29.9. The number of esters is 1. The summed E-state index contributed by atoms with van der Waals surface area (Å²) in [7, 11) is 3.07. The van der Waals surface area contributed by atoms with Gasteiger partial charge < -0.3 is 38.7 Å². The first-order valence-electron chi connectivity index (χ1n) is 20.4. The molecule has 0 spiro atoms. The Morgan fingerprint density at radius 1 is 0.981 bits per heavy atom. The van der Waals surface area contributed by atoms with Crippen LogP contribution >= 0.6 is 21.6 Å². The van der Waals surface area contributed by atoms with Crippen LogP contribution in [0.5, 0.6) is 0 Å². The Balaban J connectivity index is 0.00000180. The second kappa shape index (κ2) is 21.8. The third-order valence-electron chi connectivity index (χ3n) is 12.3. The summed E-state index contributed by atoms with van der Waals surface area (Å²) >= 11 is 0. The van der Waals surface area contributed by atoms with Crippen molar-refractivity contribution in [3.05, 3.63) is 11.6 Å². The molecule has 9 unspecified atom stereocenters. The van der Waals surface area contributed by atoms with E-state index in [2.05, 4.69) is 62.9 Å². The topological polar surface area (TPSA) is 210 Å². The van der Waals surface area contributed by atoms with Crippen LogP contribution in [-0.4, -0.2) is 66.6 Å². The van der Waals surface area contributed by atoms with Crippen LogP contribution in [0, 0.1) is 40.4 Å². The minimum Gasteiger partial charge on any atom is -0.461 e. The molecule has 3 saturated carbocycles. The van der Waals surface area contributed by atoms with E-state index in [1.807, 2.05) is 0 Å². The number of carbonyl (C=O) groups is 2. The first kappa shape index (κ1) is 45.3. The van der Waals surface area contributed by atoms with Crippen molar-refractivity contribution in [3.8, 4) is 0 Å². The van der Waals surface area contributed by atoms with Crippen molar-refractivity contribution in [2.45, 2.75) is 150 Å². The Morgan fingerprint density at radius 2 is 1.72 bits per heavy atom. The van der Waals surface area contributed by atoms with E-state index < -0.39 is 12.1 Å². The van der Waals surface area contributed by atoms with E-state index in [4.69, 9.17) is 33.4 Å². The molecule has 0 aromatic carbocycles. The minimum absolute atomic E-state index is 0.0456. The van der Waals surface area contributed by atoms with E-state index in [0.29, 0.717) is 42.9 Å². The maximum atomic E-state index is 13.0. The third-order valence-corrected chi connectivity index (χ3v) is 14.8. The van der Waals surface area contributed by atoms with Gasteiger partial charge in [-0.1, -0.05) is 87.6 Å². The second-order valence-electron chi connectivity index (χ2n) is 17.1. The quantitative estimate of drug-likeness (QED) is 0.0230. The molecule has 0 radical (unpaired) electrons. The Labute approximate surface area is 328 Å². The maximum absolute atomic E-state index is 13.0. The van der Waals surface area contributed by atoms with Crippen LogP contribution in [0.1, 0.15) is 131 Å². The van der Waals surface area contributed by atoms with Crippen LogP contribution in [0.15, 0.2) is 21.6 Å². The number of ether oxygens (including phenoxy) is 1. The van der Waals surface area contributed by atoms with Crippen LogP contribution in [0.4, 0.5) is 0 Å². The molecule has 1 amide bonds. The van der Waals surface area contributed by atoms with Gasteiger partial charge in [-0.2, -0.15) is 0 Å². The number of guanidine groups is 2. The number of hydrogen-bond donors (Lipinski definition) is 6. The zero-order valence-corrected chi connectivity index (χ0v) is 35.4. The Morgan fingerprint density at radius 3 is 2.40 bits per heavy atom. The fourth-order valence-corrected chi connectivity index (χ4v) is 11.7. The molecule has 9 atom stereocenters. The summed E-state index contributed by atoms with van der Waals surface area (Å²) in [5.41, 5.74) is 30.3. The lowest BCUT2D eigenvalue weighted by Crippen LogP contribution is -2.50. The van der Waals surface area contributed by atoms with Gasteiger partial charge in [0.25, 0.3) is 0 Å². The van der Waals surface area contributed by atoms with Crippen LogP contribution < -0.4 is 34.0 Å². The Hall–Kier alpha value is -2.12. The number of hydrogen-bond acceptors (Lipinski definition) is 8. The summed E-state index contributed by atoms with van der Waals surface area (Å²) in [5, 5.41) is 2.89. The summed E-state index contributed by atoms with van der Waals surface area (Å²) in [6.07, 6.45) is 18.1. The molecule has 304 valence electrons. The predicted molar refractivity (Wildman–Crippen MR) is 225 cm³/mol. The number of fused-ring (bicyclic) bond motifs is 5. The lowest BCUT2D eigenvalue weighted by atomic mass is 9.47. The summed E-state index contributed by atoms with van der Waals surface area (Å²) in [6.45, 7) is 14.9. The monoisotopic (exact) mass is 779 g/mol. The third kappa shape index (κ3) is 13.3. The van der Waals surface area contributed by atoms with Crippen molar-refractivity contribution in [2.24, 2.45) is 79.1 Å². The highest BCUT2D eigenvalue weighted by molar-refractivity contribution is 8.76. The molecule has 53 heavy (non-hydrogen) atoms. The Kier molecular flexibility index (Phi) is 18.6. The maximum Gasteiger partial charge on any atom is 0.324 e. The van der Waals surface area contributed by atoms with Crippen molar-refractivity contribution in [2.75, 3.05) is 24.6 Å². The van der Waals surface area contributed by atoms with Gasteiger partial charge in [-0.15, -0.1) is 0 Å². The zero-order valence-electron chi connectivity index (χ0n) is 33.7. The van der Waals surface area contributed by atoms with Crippen LogP contribution in [-0.2, 0) is 14.3 Å². The SMILES string of the molecule is CC(C)C.CCCCC1CCC2C3CC=C4CC(OC(=O)C(N)CSSCCNC(=O)C(CCCCN=C(N)N)N=C(N)N)CCC4(C)C3CCC12C. The van der Waals surface area contributed by atoms with E-state index in [-0.39, 0.29) is 35.3 Å². The molecule has 4 rings (SSSR count). The summed E-state index contributed by atoms with van der Waals surface area (Å²) in [6, 6.07) is -1.35. The molecule has 0 bridgehead atoms. The minimum atomic E-state index is -0.686. The van der Waals surface area contributed by atoms with E-state index >= 15 is 0 Å². The number of nitrogens with zero attached hydrogens (tertiary/aromatic N) is 2. The number of nitrogens with two attached hydrogens (primary N) is 5.